The molecular weight excluding hydrogens is 206 g/mol. The molecule has 17 heavy (non-hydrogen) atoms. The Kier molecular flexibility index (Phi) is 3.49. The van der Waals surface area contributed by atoms with E-state index in [1.54, 1.807) is 0 Å². The van der Waals surface area contributed by atoms with Crippen molar-refractivity contribution in [3.63, 3.8) is 0 Å². The van der Waals surface area contributed by atoms with Crippen LogP contribution in [0.1, 0.15) is 37.8 Å². The van der Waals surface area contributed by atoms with Gasteiger partial charge >= 0.3 is 0 Å². The highest BCUT2D eigenvalue weighted by molar-refractivity contribution is 5.40. The third-order valence-electron chi connectivity index (χ3n) is 2.97. The van der Waals surface area contributed by atoms with E-state index >= 15 is 0 Å². The molecule has 0 heterocycles. The second-order valence-electron chi connectivity index (χ2n) is 5.60. The van der Waals surface area contributed by atoms with Crippen LogP contribution in [0.4, 0.5) is 0 Å². The van der Waals surface area contributed by atoms with Crippen LogP contribution < -0.4 is 5.32 Å². The Morgan fingerprint density at radius 1 is 1.06 bits per heavy atom. The van der Waals surface area contributed by atoms with Crippen molar-refractivity contribution < 1.29 is 0 Å². The second-order valence-corrected chi connectivity index (χ2v) is 5.60. The molecule has 1 aliphatic rings. The number of hydrogen-bond acceptors (Lipinski definition) is 1. The first-order chi connectivity index (χ1) is 8.06. The van der Waals surface area contributed by atoms with E-state index in [1.807, 2.05) is 0 Å². The van der Waals surface area contributed by atoms with E-state index < -0.39 is 0 Å². The molecule has 0 aromatic heterocycles. The second kappa shape index (κ2) is 4.89. The average Bonchev–Trinajstić information content (AvgIpc) is 2.79. The maximum atomic E-state index is 3.55. The summed E-state index contributed by atoms with van der Waals surface area (Å²) < 4.78 is 0. The summed E-state index contributed by atoms with van der Waals surface area (Å²) in [6.45, 7) is 7.53. The normalized spacial score (nSPS) is 15.7. The van der Waals surface area contributed by atoms with Crippen LogP contribution in [0.15, 0.2) is 48.6 Å². The zero-order chi connectivity index (χ0) is 12.3. The van der Waals surface area contributed by atoms with Crippen molar-refractivity contribution in [2.45, 2.75) is 38.8 Å². The zero-order valence-electron chi connectivity index (χ0n) is 10.9. The van der Waals surface area contributed by atoms with Crippen LogP contribution in [0.25, 0.3) is 0 Å². The molecule has 0 atom stereocenters. The Labute approximate surface area is 104 Å². The van der Waals surface area contributed by atoms with Gasteiger partial charge in [-0.2, -0.15) is 0 Å². The first-order valence-electron chi connectivity index (χ1n) is 6.24. The molecule has 0 saturated carbocycles. The van der Waals surface area contributed by atoms with Gasteiger partial charge in [-0.25, -0.2) is 0 Å². The maximum absolute atomic E-state index is 3.55. The first-order valence-corrected chi connectivity index (χ1v) is 6.24. The summed E-state index contributed by atoms with van der Waals surface area (Å²) >= 11 is 0. The fraction of sp³-hybridized carbons (Fsp3) is 0.375. The van der Waals surface area contributed by atoms with E-state index in [0.717, 1.165) is 6.54 Å². The van der Waals surface area contributed by atoms with Gasteiger partial charge in [-0.1, -0.05) is 48.6 Å². The highest BCUT2D eigenvalue weighted by atomic mass is 14.9. The van der Waals surface area contributed by atoms with Crippen molar-refractivity contribution >= 4 is 0 Å². The van der Waals surface area contributed by atoms with E-state index in [0.29, 0.717) is 5.92 Å². The van der Waals surface area contributed by atoms with Gasteiger partial charge in [0.15, 0.2) is 0 Å². The van der Waals surface area contributed by atoms with Crippen LogP contribution in [0.2, 0.25) is 0 Å². The largest absolute Gasteiger partial charge is 0.308 e. The lowest BCUT2D eigenvalue weighted by Gasteiger charge is -2.22. The molecule has 0 unspecified atom stereocenters. The molecule has 0 spiro atoms. The molecule has 1 nitrogen and oxygen atoms in total. The van der Waals surface area contributed by atoms with Crippen LogP contribution in [0.3, 0.4) is 0 Å². The van der Waals surface area contributed by atoms with Crippen LogP contribution in [-0.4, -0.2) is 5.54 Å². The van der Waals surface area contributed by atoms with Crippen LogP contribution in [0.5, 0.6) is 0 Å². The van der Waals surface area contributed by atoms with Crippen molar-refractivity contribution in [2.24, 2.45) is 0 Å². The molecule has 0 amide bonds. The van der Waals surface area contributed by atoms with E-state index in [9.17, 15) is 0 Å². The van der Waals surface area contributed by atoms with E-state index in [4.69, 9.17) is 0 Å². The van der Waals surface area contributed by atoms with Gasteiger partial charge in [0.05, 0.1) is 0 Å². The predicted molar refractivity (Wildman–Crippen MR) is 74.1 cm³/mol. The number of allylic oxidation sites excluding steroid dienone is 4. The van der Waals surface area contributed by atoms with Gasteiger partial charge in [0, 0.05) is 18.0 Å². The molecular formula is C16H21N. The quantitative estimate of drug-likeness (QED) is 0.828. The summed E-state index contributed by atoms with van der Waals surface area (Å²) in [4.78, 5) is 0. The summed E-state index contributed by atoms with van der Waals surface area (Å²) in [7, 11) is 0. The maximum Gasteiger partial charge on any atom is 0.0213 e. The van der Waals surface area contributed by atoms with Gasteiger partial charge < -0.3 is 5.32 Å². The Morgan fingerprint density at radius 3 is 2.35 bits per heavy atom. The van der Waals surface area contributed by atoms with E-state index in [2.05, 4.69) is 74.7 Å². The summed E-state index contributed by atoms with van der Waals surface area (Å²) in [6, 6.07) is 8.68. The monoisotopic (exact) mass is 227 g/mol. The Morgan fingerprint density at radius 2 is 1.71 bits per heavy atom. The van der Waals surface area contributed by atoms with Crippen molar-refractivity contribution in [3.05, 3.63) is 59.7 Å². The van der Waals surface area contributed by atoms with Gasteiger partial charge in [0.2, 0.25) is 0 Å². The minimum Gasteiger partial charge on any atom is -0.308 e. The summed E-state index contributed by atoms with van der Waals surface area (Å²) in [5.74, 6) is 0.452. The van der Waals surface area contributed by atoms with Crippen molar-refractivity contribution in [1.82, 2.24) is 5.32 Å². The predicted octanol–water partition coefficient (Wildman–Crippen LogP) is 3.78. The van der Waals surface area contributed by atoms with Gasteiger partial charge in [0.1, 0.15) is 0 Å². The molecule has 0 saturated heterocycles. The Hall–Kier alpha value is -1.34. The third kappa shape index (κ3) is 3.31. The van der Waals surface area contributed by atoms with Gasteiger partial charge in [-0.15, -0.1) is 0 Å². The van der Waals surface area contributed by atoms with Gasteiger partial charge in [0.25, 0.3) is 0 Å². The highest BCUT2D eigenvalue weighted by Crippen LogP contribution is 2.26. The van der Waals surface area contributed by atoms with Crippen LogP contribution in [-0.2, 0) is 6.54 Å². The number of nitrogens with one attached hydrogen (secondary N) is 1. The third-order valence-corrected chi connectivity index (χ3v) is 2.97. The molecule has 2 rings (SSSR count). The standard InChI is InChI=1S/C16H21N/c1-16(2,3)17-12-14-10-6-7-11-15(14)13-8-4-5-9-13/h4-11,13,17H,12H2,1-3H3. The molecule has 0 radical (unpaired) electrons. The number of rotatable bonds is 3. The van der Waals surface area contributed by atoms with Crippen molar-refractivity contribution in [3.8, 4) is 0 Å². The molecule has 1 aromatic carbocycles. The fourth-order valence-corrected chi connectivity index (χ4v) is 2.02. The lowest BCUT2D eigenvalue weighted by Crippen LogP contribution is -2.35. The summed E-state index contributed by atoms with van der Waals surface area (Å²) in [5.41, 5.74) is 2.96. The molecule has 1 aromatic rings. The zero-order valence-corrected chi connectivity index (χ0v) is 10.9. The molecule has 1 heteroatoms. The molecule has 0 bridgehead atoms. The topological polar surface area (TPSA) is 12.0 Å². The number of benzene rings is 1. The molecule has 0 aliphatic heterocycles. The molecule has 1 aliphatic carbocycles. The first kappa shape index (κ1) is 12.1. The molecule has 0 fully saturated rings. The Bertz CT molecular complexity index is 423. The van der Waals surface area contributed by atoms with Gasteiger partial charge in [-0.3, -0.25) is 0 Å². The summed E-state index contributed by atoms with van der Waals surface area (Å²) in [5, 5.41) is 3.55. The van der Waals surface area contributed by atoms with Crippen molar-refractivity contribution in [2.75, 3.05) is 0 Å². The minimum atomic E-state index is 0.161. The lowest BCUT2D eigenvalue weighted by molar-refractivity contribution is 0.423. The average molecular weight is 227 g/mol. The summed E-state index contributed by atoms with van der Waals surface area (Å²) in [6.07, 6.45) is 8.74. The smallest absolute Gasteiger partial charge is 0.0213 e. The highest BCUT2D eigenvalue weighted by Gasteiger charge is 2.13. The fourth-order valence-electron chi connectivity index (χ4n) is 2.02. The molecule has 90 valence electrons. The minimum absolute atomic E-state index is 0.161. The Balaban J connectivity index is 2.16. The van der Waals surface area contributed by atoms with E-state index in [1.165, 1.54) is 11.1 Å². The van der Waals surface area contributed by atoms with Crippen LogP contribution in [0, 0.1) is 0 Å². The lowest BCUT2D eigenvalue weighted by atomic mass is 9.95. The van der Waals surface area contributed by atoms with Crippen LogP contribution >= 0.6 is 0 Å². The number of hydrogen-bond donors (Lipinski definition) is 1. The SMILES string of the molecule is CC(C)(C)NCc1ccccc1C1C=CC=C1. The molecule has 1 N–H and O–H groups in total. The van der Waals surface area contributed by atoms with Crippen molar-refractivity contribution in [1.29, 1.82) is 0 Å². The van der Waals surface area contributed by atoms with E-state index in [-0.39, 0.29) is 5.54 Å². The van der Waals surface area contributed by atoms with Gasteiger partial charge in [-0.05, 0) is 31.9 Å².